The van der Waals surface area contributed by atoms with Gasteiger partial charge in [-0.2, -0.15) is 0 Å². The van der Waals surface area contributed by atoms with Crippen molar-refractivity contribution in [1.29, 1.82) is 0 Å². The van der Waals surface area contributed by atoms with Crippen LogP contribution in [0.1, 0.15) is 85.5 Å². The molecular weight excluding hydrogens is 404 g/mol. The Kier molecular flexibility index (Phi) is 12.6. The van der Waals surface area contributed by atoms with Gasteiger partial charge >= 0.3 is 12.3 Å². The maximum Gasteiger partial charge on any atom is 0.508 e. The molecule has 0 saturated carbocycles. The van der Waals surface area contributed by atoms with E-state index in [2.05, 4.69) is 43.7 Å². The zero-order valence-corrected chi connectivity index (χ0v) is 19.4. The van der Waals surface area contributed by atoms with Crippen molar-refractivity contribution in [3.05, 3.63) is 12.2 Å². The van der Waals surface area contributed by atoms with Crippen LogP contribution in [-0.4, -0.2) is 41.4 Å². The normalized spacial score (nSPS) is 21.1. The van der Waals surface area contributed by atoms with Gasteiger partial charge in [-0.25, -0.2) is 9.59 Å². The first kappa shape index (κ1) is 27.2. The fourth-order valence-electron chi connectivity index (χ4n) is 3.74. The molecule has 180 valence electrons. The molecule has 4 atom stereocenters. The zero-order chi connectivity index (χ0) is 23.4. The third-order valence-corrected chi connectivity index (χ3v) is 5.57. The van der Waals surface area contributed by atoms with Gasteiger partial charge in [0.25, 0.3) is 12.6 Å². The summed E-state index contributed by atoms with van der Waals surface area (Å²) in [5.74, 6) is 2.17. The average molecular weight is 445 g/mol. The Bertz CT molecular complexity index is 538. The number of hydrogen-bond donors (Lipinski definition) is 2. The maximum atomic E-state index is 10.7. The number of hydrogen-bond acceptors (Lipinski definition) is 6. The molecule has 8 heteroatoms. The molecule has 1 rings (SSSR count). The SMILES string of the molecule is C=C(CCCC(C)CCCC(C)CCCC(C)C)C1O[C@H](OC(=O)O)[C@@H](OC(=O)O)O1. The standard InChI is InChI=1S/C23H40O8/c1-15(2)9-6-10-16(3)11-7-12-17(4)13-8-14-18(5)19-28-20(30-22(24)25)21(29-19)31-23(26)27/h15-17,19-21H,5-14H2,1-4H3,(H,24,25)(H,26,27)/t16?,17?,20-,21-/m1/s1. The fourth-order valence-corrected chi connectivity index (χ4v) is 3.74. The molecule has 2 N–H and O–H groups in total. The summed E-state index contributed by atoms with van der Waals surface area (Å²) in [7, 11) is 0. The molecule has 1 fully saturated rings. The third-order valence-electron chi connectivity index (χ3n) is 5.57. The molecule has 0 radical (unpaired) electrons. The van der Waals surface area contributed by atoms with Crippen molar-refractivity contribution >= 4 is 12.3 Å². The molecule has 0 bridgehead atoms. The lowest BCUT2D eigenvalue weighted by Gasteiger charge is -2.16. The first-order valence-electron chi connectivity index (χ1n) is 11.4. The quantitative estimate of drug-likeness (QED) is 0.220. The predicted molar refractivity (Wildman–Crippen MR) is 116 cm³/mol. The van der Waals surface area contributed by atoms with Crippen molar-refractivity contribution in [3.63, 3.8) is 0 Å². The van der Waals surface area contributed by atoms with E-state index >= 15 is 0 Å². The minimum atomic E-state index is -1.61. The predicted octanol–water partition coefficient (Wildman–Crippen LogP) is 6.40. The molecular formula is C23H40O8. The van der Waals surface area contributed by atoms with E-state index < -0.39 is 31.2 Å². The maximum absolute atomic E-state index is 10.7. The Morgan fingerprint density at radius 3 is 1.65 bits per heavy atom. The first-order valence-corrected chi connectivity index (χ1v) is 11.4. The van der Waals surface area contributed by atoms with E-state index in [9.17, 15) is 9.59 Å². The van der Waals surface area contributed by atoms with Gasteiger partial charge in [0.1, 0.15) is 0 Å². The number of carboxylic acid groups (broad SMARTS) is 2. The van der Waals surface area contributed by atoms with Crippen molar-refractivity contribution in [2.45, 2.75) is 104 Å². The molecule has 8 nitrogen and oxygen atoms in total. The second-order valence-electron chi connectivity index (χ2n) is 9.12. The monoisotopic (exact) mass is 444 g/mol. The summed E-state index contributed by atoms with van der Waals surface area (Å²) in [6.45, 7) is 13.1. The number of rotatable bonds is 15. The molecule has 0 amide bonds. The molecule has 1 saturated heterocycles. The summed E-state index contributed by atoms with van der Waals surface area (Å²) < 4.78 is 19.6. The van der Waals surface area contributed by atoms with Crippen LogP contribution < -0.4 is 0 Å². The minimum Gasteiger partial charge on any atom is -0.450 e. The lowest BCUT2D eigenvalue weighted by Crippen LogP contribution is -2.31. The highest BCUT2D eigenvalue weighted by Gasteiger charge is 2.43. The van der Waals surface area contributed by atoms with Crippen molar-refractivity contribution in [2.24, 2.45) is 17.8 Å². The van der Waals surface area contributed by atoms with Crippen LogP contribution >= 0.6 is 0 Å². The van der Waals surface area contributed by atoms with Crippen LogP contribution in [0, 0.1) is 17.8 Å². The summed E-state index contributed by atoms with van der Waals surface area (Å²) in [5, 5.41) is 17.5. The summed E-state index contributed by atoms with van der Waals surface area (Å²) in [5.41, 5.74) is 0.599. The van der Waals surface area contributed by atoms with Crippen molar-refractivity contribution < 1.29 is 38.7 Å². The Morgan fingerprint density at radius 2 is 1.23 bits per heavy atom. The lowest BCUT2D eigenvalue weighted by atomic mass is 9.91. The van der Waals surface area contributed by atoms with Crippen LogP contribution in [0.2, 0.25) is 0 Å². The highest BCUT2D eigenvalue weighted by atomic mass is 16.9. The molecule has 1 aliphatic rings. The minimum absolute atomic E-state index is 0.599. The second kappa shape index (κ2) is 14.3. The summed E-state index contributed by atoms with van der Waals surface area (Å²) >= 11 is 0. The highest BCUT2D eigenvalue weighted by molar-refractivity contribution is 5.58. The smallest absolute Gasteiger partial charge is 0.450 e. The Labute approximate surface area is 185 Å². The molecule has 1 aliphatic heterocycles. The summed E-state index contributed by atoms with van der Waals surface area (Å²) in [6, 6.07) is 0. The van der Waals surface area contributed by atoms with E-state index in [1.807, 2.05) is 0 Å². The van der Waals surface area contributed by atoms with Crippen molar-refractivity contribution in [1.82, 2.24) is 0 Å². The Morgan fingerprint density at radius 1 is 0.806 bits per heavy atom. The number of ether oxygens (including phenoxy) is 4. The van der Waals surface area contributed by atoms with Crippen LogP contribution in [0.5, 0.6) is 0 Å². The van der Waals surface area contributed by atoms with Gasteiger partial charge in [-0.15, -0.1) is 0 Å². The fraction of sp³-hybridized carbons (Fsp3) is 0.826. The largest absolute Gasteiger partial charge is 0.508 e. The van der Waals surface area contributed by atoms with Crippen molar-refractivity contribution in [2.75, 3.05) is 0 Å². The van der Waals surface area contributed by atoms with Gasteiger partial charge in [0, 0.05) is 0 Å². The van der Waals surface area contributed by atoms with Gasteiger partial charge in [0.15, 0.2) is 6.29 Å². The Balaban J connectivity index is 2.25. The van der Waals surface area contributed by atoms with E-state index in [1.54, 1.807) is 0 Å². The van der Waals surface area contributed by atoms with Gasteiger partial charge in [-0.3, -0.25) is 0 Å². The van der Waals surface area contributed by atoms with Crippen LogP contribution in [0.25, 0.3) is 0 Å². The molecule has 1 heterocycles. The summed E-state index contributed by atoms with van der Waals surface area (Å²) in [6.07, 6.45) is 3.07. The molecule has 2 unspecified atom stereocenters. The van der Waals surface area contributed by atoms with Crippen molar-refractivity contribution in [3.8, 4) is 0 Å². The third kappa shape index (κ3) is 12.0. The molecule has 0 aliphatic carbocycles. The molecule has 31 heavy (non-hydrogen) atoms. The molecule has 0 aromatic heterocycles. The zero-order valence-electron chi connectivity index (χ0n) is 19.4. The molecule has 0 aromatic rings. The van der Waals surface area contributed by atoms with E-state index in [1.165, 1.54) is 38.5 Å². The van der Waals surface area contributed by atoms with Gasteiger partial charge in [-0.05, 0) is 36.2 Å². The Hall–Kier alpha value is -1.80. The number of carbonyl (C=O) groups is 2. The van der Waals surface area contributed by atoms with E-state index in [4.69, 9.17) is 19.7 Å². The topological polar surface area (TPSA) is 112 Å². The molecule has 0 aromatic carbocycles. The summed E-state index contributed by atoms with van der Waals surface area (Å²) in [4.78, 5) is 21.5. The van der Waals surface area contributed by atoms with Crippen LogP contribution in [0.4, 0.5) is 9.59 Å². The first-order chi connectivity index (χ1) is 14.6. The van der Waals surface area contributed by atoms with Gasteiger partial charge < -0.3 is 29.2 Å². The second-order valence-corrected chi connectivity index (χ2v) is 9.12. The molecule has 0 spiro atoms. The van der Waals surface area contributed by atoms with E-state index in [0.717, 1.165) is 24.7 Å². The van der Waals surface area contributed by atoms with Gasteiger partial charge in [0.2, 0.25) is 0 Å². The van der Waals surface area contributed by atoms with Gasteiger partial charge in [-0.1, -0.05) is 79.2 Å². The highest BCUT2D eigenvalue weighted by Crippen LogP contribution is 2.29. The lowest BCUT2D eigenvalue weighted by molar-refractivity contribution is -0.153. The van der Waals surface area contributed by atoms with Gasteiger partial charge in [0.05, 0.1) is 0 Å². The van der Waals surface area contributed by atoms with Crippen LogP contribution in [0.15, 0.2) is 12.2 Å². The van der Waals surface area contributed by atoms with Crippen LogP contribution in [0.3, 0.4) is 0 Å². The van der Waals surface area contributed by atoms with Crippen LogP contribution in [-0.2, 0) is 18.9 Å². The van der Waals surface area contributed by atoms with E-state index in [-0.39, 0.29) is 0 Å². The average Bonchev–Trinajstić information content (AvgIpc) is 3.02. The van der Waals surface area contributed by atoms with E-state index in [0.29, 0.717) is 17.9 Å².